The van der Waals surface area contributed by atoms with E-state index in [9.17, 15) is 4.79 Å². The highest BCUT2D eigenvalue weighted by Gasteiger charge is 2.07. The maximum Gasteiger partial charge on any atom is 0.220 e. The van der Waals surface area contributed by atoms with Crippen LogP contribution in [0, 0.1) is 0 Å². The van der Waals surface area contributed by atoms with E-state index < -0.39 is 0 Å². The van der Waals surface area contributed by atoms with Gasteiger partial charge in [0.2, 0.25) is 5.91 Å². The molecule has 0 aliphatic heterocycles. The SMILES string of the molecule is CCCCC(=O)NCCc1nc(-c2ccc(OC)cc2)n[nH]1. The normalized spacial score (nSPS) is 10.5. The smallest absolute Gasteiger partial charge is 0.220 e. The molecular formula is C16H22N4O2. The first-order chi connectivity index (χ1) is 10.7. The summed E-state index contributed by atoms with van der Waals surface area (Å²) in [5.41, 5.74) is 0.926. The van der Waals surface area contributed by atoms with Gasteiger partial charge >= 0.3 is 0 Å². The van der Waals surface area contributed by atoms with Gasteiger partial charge in [-0.05, 0) is 30.7 Å². The van der Waals surface area contributed by atoms with Crippen LogP contribution in [0.4, 0.5) is 0 Å². The Kier molecular flexibility index (Phi) is 5.94. The third-order valence-corrected chi connectivity index (χ3v) is 3.32. The van der Waals surface area contributed by atoms with Crippen LogP contribution in [0.15, 0.2) is 24.3 Å². The van der Waals surface area contributed by atoms with Gasteiger partial charge in [0.25, 0.3) is 0 Å². The zero-order valence-electron chi connectivity index (χ0n) is 13.1. The lowest BCUT2D eigenvalue weighted by atomic mass is 10.2. The van der Waals surface area contributed by atoms with E-state index in [0.29, 0.717) is 25.2 Å². The number of nitrogens with one attached hydrogen (secondary N) is 2. The first-order valence-corrected chi connectivity index (χ1v) is 7.55. The van der Waals surface area contributed by atoms with Gasteiger partial charge in [-0.1, -0.05) is 13.3 Å². The van der Waals surface area contributed by atoms with E-state index in [4.69, 9.17) is 4.74 Å². The zero-order valence-corrected chi connectivity index (χ0v) is 13.1. The summed E-state index contributed by atoms with van der Waals surface area (Å²) in [6.07, 6.45) is 3.18. The Morgan fingerprint density at radius 3 is 2.77 bits per heavy atom. The highest BCUT2D eigenvalue weighted by atomic mass is 16.5. The average molecular weight is 302 g/mol. The standard InChI is InChI=1S/C16H22N4O2/c1-3-4-5-15(21)17-11-10-14-18-16(20-19-14)12-6-8-13(22-2)9-7-12/h6-9H,3-5,10-11H2,1-2H3,(H,17,21)(H,18,19,20). The number of ether oxygens (including phenoxy) is 1. The number of hydrogen-bond donors (Lipinski definition) is 2. The van der Waals surface area contributed by atoms with Crippen LogP contribution in [-0.4, -0.2) is 34.7 Å². The van der Waals surface area contributed by atoms with Crippen molar-refractivity contribution in [1.29, 1.82) is 0 Å². The number of unbranched alkanes of at least 4 members (excludes halogenated alkanes) is 1. The molecule has 2 N–H and O–H groups in total. The Morgan fingerprint density at radius 1 is 1.32 bits per heavy atom. The molecular weight excluding hydrogens is 280 g/mol. The van der Waals surface area contributed by atoms with Gasteiger partial charge < -0.3 is 10.1 Å². The van der Waals surface area contributed by atoms with Crippen LogP contribution in [0.3, 0.4) is 0 Å². The van der Waals surface area contributed by atoms with E-state index in [1.54, 1.807) is 7.11 Å². The molecule has 0 aliphatic rings. The Labute approximate surface area is 130 Å². The van der Waals surface area contributed by atoms with Gasteiger partial charge in [0.1, 0.15) is 11.6 Å². The summed E-state index contributed by atoms with van der Waals surface area (Å²) in [7, 11) is 1.63. The zero-order chi connectivity index (χ0) is 15.8. The van der Waals surface area contributed by atoms with E-state index >= 15 is 0 Å². The lowest BCUT2D eigenvalue weighted by Crippen LogP contribution is -2.25. The highest BCUT2D eigenvalue weighted by Crippen LogP contribution is 2.18. The molecule has 1 amide bonds. The maximum atomic E-state index is 11.5. The van der Waals surface area contributed by atoms with Crippen LogP contribution in [0.25, 0.3) is 11.4 Å². The van der Waals surface area contributed by atoms with Crippen molar-refractivity contribution >= 4 is 5.91 Å². The highest BCUT2D eigenvalue weighted by molar-refractivity contribution is 5.75. The molecule has 1 aromatic heterocycles. The molecule has 0 bridgehead atoms. The van der Waals surface area contributed by atoms with Gasteiger partial charge in [-0.3, -0.25) is 9.89 Å². The monoisotopic (exact) mass is 302 g/mol. The second-order valence-corrected chi connectivity index (χ2v) is 5.04. The van der Waals surface area contributed by atoms with Crippen molar-refractivity contribution in [2.75, 3.05) is 13.7 Å². The van der Waals surface area contributed by atoms with Crippen molar-refractivity contribution < 1.29 is 9.53 Å². The fourth-order valence-corrected chi connectivity index (χ4v) is 2.02. The molecule has 0 atom stereocenters. The second-order valence-electron chi connectivity index (χ2n) is 5.04. The number of aromatic amines is 1. The molecule has 6 heteroatoms. The van der Waals surface area contributed by atoms with Crippen LogP contribution in [0.5, 0.6) is 5.75 Å². The minimum absolute atomic E-state index is 0.0942. The number of hydrogen-bond acceptors (Lipinski definition) is 4. The molecule has 0 aliphatic carbocycles. The van der Waals surface area contributed by atoms with Gasteiger partial charge in [-0.25, -0.2) is 4.98 Å². The van der Waals surface area contributed by atoms with Crippen molar-refractivity contribution in [3.63, 3.8) is 0 Å². The second kappa shape index (κ2) is 8.17. The summed E-state index contributed by atoms with van der Waals surface area (Å²) in [4.78, 5) is 15.9. The number of carbonyl (C=O) groups is 1. The molecule has 2 aromatic rings. The lowest BCUT2D eigenvalue weighted by molar-refractivity contribution is -0.121. The number of rotatable bonds is 8. The largest absolute Gasteiger partial charge is 0.497 e. The third kappa shape index (κ3) is 4.58. The van der Waals surface area contributed by atoms with Crippen molar-refractivity contribution in [2.24, 2.45) is 0 Å². The van der Waals surface area contributed by atoms with E-state index in [-0.39, 0.29) is 5.91 Å². The molecule has 22 heavy (non-hydrogen) atoms. The molecule has 1 aromatic carbocycles. The summed E-state index contributed by atoms with van der Waals surface area (Å²) in [5.74, 6) is 2.31. The van der Waals surface area contributed by atoms with E-state index in [1.807, 2.05) is 24.3 Å². The fourth-order valence-electron chi connectivity index (χ4n) is 2.02. The van der Waals surface area contributed by atoms with E-state index in [1.165, 1.54) is 0 Å². The molecule has 0 saturated heterocycles. The van der Waals surface area contributed by atoms with Gasteiger partial charge in [0.15, 0.2) is 5.82 Å². The molecule has 0 radical (unpaired) electrons. The fraction of sp³-hybridized carbons (Fsp3) is 0.438. The number of benzene rings is 1. The van der Waals surface area contributed by atoms with Crippen molar-refractivity contribution in [1.82, 2.24) is 20.5 Å². The van der Waals surface area contributed by atoms with E-state index in [2.05, 4.69) is 27.4 Å². The van der Waals surface area contributed by atoms with Gasteiger partial charge in [-0.2, -0.15) is 5.10 Å². The first kappa shape index (κ1) is 16.0. The van der Waals surface area contributed by atoms with Crippen LogP contribution >= 0.6 is 0 Å². The molecule has 0 saturated carbocycles. The summed E-state index contributed by atoms with van der Waals surface area (Å²) in [6.45, 7) is 2.64. The van der Waals surface area contributed by atoms with Crippen LogP contribution in [-0.2, 0) is 11.2 Å². The molecule has 0 spiro atoms. The molecule has 0 fully saturated rings. The van der Waals surface area contributed by atoms with Crippen molar-refractivity contribution in [3.05, 3.63) is 30.1 Å². The maximum absolute atomic E-state index is 11.5. The van der Waals surface area contributed by atoms with Gasteiger partial charge in [-0.15, -0.1) is 0 Å². The lowest BCUT2D eigenvalue weighted by Gasteiger charge is -2.02. The van der Waals surface area contributed by atoms with Crippen molar-refractivity contribution in [3.8, 4) is 17.1 Å². The quantitative estimate of drug-likeness (QED) is 0.784. The van der Waals surface area contributed by atoms with Crippen molar-refractivity contribution in [2.45, 2.75) is 32.6 Å². The minimum atomic E-state index is 0.0942. The summed E-state index contributed by atoms with van der Waals surface area (Å²) < 4.78 is 5.12. The number of amides is 1. The topological polar surface area (TPSA) is 79.9 Å². The molecule has 6 nitrogen and oxygen atoms in total. The summed E-state index contributed by atoms with van der Waals surface area (Å²) in [5, 5.41) is 9.99. The number of carbonyl (C=O) groups excluding carboxylic acids is 1. The summed E-state index contributed by atoms with van der Waals surface area (Å²) in [6, 6.07) is 7.58. The minimum Gasteiger partial charge on any atom is -0.497 e. The predicted molar refractivity (Wildman–Crippen MR) is 84.6 cm³/mol. The summed E-state index contributed by atoms with van der Waals surface area (Å²) >= 11 is 0. The molecule has 118 valence electrons. The predicted octanol–water partition coefficient (Wildman–Crippen LogP) is 2.33. The van der Waals surface area contributed by atoms with Crippen LogP contribution in [0.1, 0.15) is 32.0 Å². The van der Waals surface area contributed by atoms with Gasteiger partial charge in [0, 0.05) is 24.9 Å². The number of aromatic nitrogens is 3. The van der Waals surface area contributed by atoms with E-state index in [0.717, 1.165) is 30.0 Å². The molecule has 2 rings (SSSR count). The van der Waals surface area contributed by atoms with Crippen LogP contribution < -0.4 is 10.1 Å². The number of methoxy groups -OCH3 is 1. The molecule has 0 unspecified atom stereocenters. The Morgan fingerprint density at radius 2 is 2.09 bits per heavy atom. The third-order valence-electron chi connectivity index (χ3n) is 3.32. The Balaban J connectivity index is 1.84. The first-order valence-electron chi connectivity index (χ1n) is 7.55. The average Bonchev–Trinajstić information content (AvgIpc) is 3.02. The number of nitrogens with zero attached hydrogens (tertiary/aromatic N) is 2. The Bertz CT molecular complexity index is 592. The van der Waals surface area contributed by atoms with Crippen LogP contribution in [0.2, 0.25) is 0 Å². The molecule has 1 heterocycles. The van der Waals surface area contributed by atoms with Gasteiger partial charge in [0.05, 0.1) is 7.11 Å². The Hall–Kier alpha value is -2.37. The number of H-pyrrole nitrogens is 1.